The summed E-state index contributed by atoms with van der Waals surface area (Å²) in [6, 6.07) is 0. The first kappa shape index (κ1) is 13.0. The SMILES string of the molecule is CCc1nnsc1C(=O)N(C)CC1CC(Br)C1. The van der Waals surface area contributed by atoms with Crippen molar-refractivity contribution < 1.29 is 4.79 Å². The van der Waals surface area contributed by atoms with Gasteiger partial charge >= 0.3 is 0 Å². The van der Waals surface area contributed by atoms with Gasteiger partial charge in [-0.15, -0.1) is 5.10 Å². The van der Waals surface area contributed by atoms with Gasteiger partial charge in [0.1, 0.15) is 4.88 Å². The molecule has 1 amide bonds. The first-order valence-electron chi connectivity index (χ1n) is 5.82. The fourth-order valence-corrected chi connectivity index (χ4v) is 3.85. The van der Waals surface area contributed by atoms with E-state index in [2.05, 4.69) is 25.5 Å². The van der Waals surface area contributed by atoms with E-state index in [4.69, 9.17) is 0 Å². The Labute approximate surface area is 114 Å². The van der Waals surface area contributed by atoms with E-state index >= 15 is 0 Å². The summed E-state index contributed by atoms with van der Waals surface area (Å²) in [5.41, 5.74) is 0.818. The third-order valence-corrected chi connectivity index (χ3v) is 4.65. The van der Waals surface area contributed by atoms with Crippen molar-refractivity contribution in [3.8, 4) is 0 Å². The van der Waals surface area contributed by atoms with Crippen LogP contribution in [0.5, 0.6) is 0 Å². The van der Waals surface area contributed by atoms with E-state index in [9.17, 15) is 4.79 Å². The Morgan fingerprint density at radius 3 is 2.88 bits per heavy atom. The van der Waals surface area contributed by atoms with Gasteiger partial charge in [0.2, 0.25) is 0 Å². The third-order valence-electron chi connectivity index (χ3n) is 3.14. The Morgan fingerprint density at radius 2 is 2.29 bits per heavy atom. The van der Waals surface area contributed by atoms with Crippen molar-refractivity contribution in [1.82, 2.24) is 14.5 Å². The molecule has 0 spiro atoms. The van der Waals surface area contributed by atoms with E-state index in [0.717, 1.165) is 18.7 Å². The zero-order valence-corrected chi connectivity index (χ0v) is 12.4. The standard InChI is InChI=1S/C11H16BrN3OS/c1-3-9-10(17-14-13-9)11(16)15(2)6-7-4-8(12)5-7/h7-8H,3-6H2,1-2H3. The van der Waals surface area contributed by atoms with Gasteiger partial charge in [0.05, 0.1) is 5.69 Å². The summed E-state index contributed by atoms with van der Waals surface area (Å²) >= 11 is 4.77. The van der Waals surface area contributed by atoms with Crippen molar-refractivity contribution in [1.29, 1.82) is 0 Å². The number of nitrogens with zero attached hydrogens (tertiary/aromatic N) is 3. The summed E-state index contributed by atoms with van der Waals surface area (Å²) in [7, 11) is 1.86. The average Bonchev–Trinajstić information content (AvgIpc) is 2.73. The van der Waals surface area contributed by atoms with Crippen molar-refractivity contribution >= 4 is 33.4 Å². The predicted octanol–water partition coefficient (Wildman–Crippen LogP) is 2.35. The zero-order chi connectivity index (χ0) is 12.4. The quantitative estimate of drug-likeness (QED) is 0.801. The lowest BCUT2D eigenvalue weighted by molar-refractivity contribution is 0.0752. The number of carbonyl (C=O) groups is 1. The van der Waals surface area contributed by atoms with E-state index in [1.165, 1.54) is 24.4 Å². The Bertz CT molecular complexity index is 403. The number of rotatable bonds is 4. The molecule has 0 radical (unpaired) electrons. The maximum absolute atomic E-state index is 12.2. The van der Waals surface area contributed by atoms with Gasteiger partial charge in [-0.05, 0) is 36.7 Å². The first-order chi connectivity index (χ1) is 8.11. The van der Waals surface area contributed by atoms with Crippen molar-refractivity contribution in [3.05, 3.63) is 10.6 Å². The van der Waals surface area contributed by atoms with Gasteiger partial charge in [0, 0.05) is 18.4 Å². The summed E-state index contributed by atoms with van der Waals surface area (Å²) in [6.45, 7) is 2.83. The number of halogens is 1. The molecule has 0 aromatic carbocycles. The van der Waals surface area contributed by atoms with Crippen molar-refractivity contribution in [2.24, 2.45) is 5.92 Å². The van der Waals surface area contributed by atoms with E-state index < -0.39 is 0 Å². The summed E-state index contributed by atoms with van der Waals surface area (Å²) < 4.78 is 3.86. The molecule has 0 unspecified atom stereocenters. The molecule has 1 heterocycles. The van der Waals surface area contributed by atoms with Gasteiger partial charge in [0.25, 0.3) is 5.91 Å². The van der Waals surface area contributed by atoms with Crippen LogP contribution in [-0.4, -0.2) is 38.8 Å². The molecule has 1 aliphatic rings. The van der Waals surface area contributed by atoms with E-state index in [-0.39, 0.29) is 5.91 Å². The third kappa shape index (κ3) is 2.85. The minimum absolute atomic E-state index is 0.0647. The Balaban J connectivity index is 1.95. The topological polar surface area (TPSA) is 46.1 Å². The van der Waals surface area contributed by atoms with Crippen LogP contribution in [0.15, 0.2) is 0 Å². The Kier molecular flexibility index (Phi) is 4.14. The average molecular weight is 318 g/mol. The van der Waals surface area contributed by atoms with E-state index in [1.54, 1.807) is 4.90 Å². The maximum Gasteiger partial charge on any atom is 0.267 e. The molecule has 0 atom stereocenters. The smallest absolute Gasteiger partial charge is 0.267 e. The number of alkyl halides is 1. The van der Waals surface area contributed by atoms with Crippen LogP contribution in [0.1, 0.15) is 35.1 Å². The molecule has 0 aliphatic heterocycles. The van der Waals surface area contributed by atoms with Crippen LogP contribution in [-0.2, 0) is 6.42 Å². The summed E-state index contributed by atoms with van der Waals surface area (Å²) in [6.07, 6.45) is 3.09. The lowest BCUT2D eigenvalue weighted by Crippen LogP contribution is -2.37. The lowest BCUT2D eigenvalue weighted by atomic mass is 9.85. The second kappa shape index (κ2) is 5.44. The molecule has 0 saturated heterocycles. The number of aryl methyl sites for hydroxylation is 1. The normalized spacial score (nSPS) is 23.2. The number of hydrogen-bond acceptors (Lipinski definition) is 4. The fraction of sp³-hybridized carbons (Fsp3) is 0.727. The largest absolute Gasteiger partial charge is 0.341 e. The zero-order valence-electron chi connectivity index (χ0n) is 10.0. The Morgan fingerprint density at radius 1 is 1.59 bits per heavy atom. The first-order valence-corrected chi connectivity index (χ1v) is 7.51. The summed E-state index contributed by atoms with van der Waals surface area (Å²) in [4.78, 5) is 15.3. The number of aromatic nitrogens is 2. The molecule has 2 rings (SSSR count). The van der Waals surface area contributed by atoms with Gasteiger partial charge in [-0.3, -0.25) is 4.79 Å². The molecule has 1 aromatic heterocycles. The van der Waals surface area contributed by atoms with Gasteiger partial charge in [0.15, 0.2) is 0 Å². The molecule has 6 heteroatoms. The van der Waals surface area contributed by atoms with Crippen LogP contribution in [0.2, 0.25) is 0 Å². The molecule has 1 saturated carbocycles. The van der Waals surface area contributed by atoms with Crippen LogP contribution in [0.3, 0.4) is 0 Å². The lowest BCUT2D eigenvalue weighted by Gasteiger charge is -2.34. The molecular weight excluding hydrogens is 302 g/mol. The minimum Gasteiger partial charge on any atom is -0.341 e. The highest BCUT2D eigenvalue weighted by Crippen LogP contribution is 2.33. The second-order valence-corrected chi connectivity index (χ2v) is 6.57. The molecule has 1 aromatic rings. The van der Waals surface area contributed by atoms with Crippen LogP contribution < -0.4 is 0 Å². The fourth-order valence-electron chi connectivity index (χ4n) is 2.05. The highest BCUT2D eigenvalue weighted by Gasteiger charge is 2.29. The molecule has 94 valence electrons. The van der Waals surface area contributed by atoms with Crippen molar-refractivity contribution in [3.63, 3.8) is 0 Å². The molecule has 17 heavy (non-hydrogen) atoms. The van der Waals surface area contributed by atoms with Gasteiger partial charge in [-0.1, -0.05) is 27.3 Å². The van der Waals surface area contributed by atoms with Crippen LogP contribution >= 0.6 is 27.5 Å². The molecule has 4 nitrogen and oxygen atoms in total. The van der Waals surface area contributed by atoms with E-state index in [0.29, 0.717) is 15.6 Å². The number of carbonyl (C=O) groups excluding carboxylic acids is 1. The van der Waals surface area contributed by atoms with Crippen LogP contribution in [0.25, 0.3) is 0 Å². The van der Waals surface area contributed by atoms with Crippen LogP contribution in [0, 0.1) is 5.92 Å². The second-order valence-electron chi connectivity index (χ2n) is 4.52. The monoisotopic (exact) mass is 317 g/mol. The summed E-state index contributed by atoms with van der Waals surface area (Å²) in [5, 5.41) is 3.98. The Hall–Kier alpha value is -0.490. The van der Waals surface area contributed by atoms with E-state index in [1.807, 2.05) is 14.0 Å². The molecule has 0 N–H and O–H groups in total. The van der Waals surface area contributed by atoms with Crippen LogP contribution in [0.4, 0.5) is 0 Å². The molecule has 1 aliphatic carbocycles. The highest BCUT2D eigenvalue weighted by molar-refractivity contribution is 9.09. The minimum atomic E-state index is 0.0647. The number of hydrogen-bond donors (Lipinski definition) is 0. The maximum atomic E-state index is 12.2. The van der Waals surface area contributed by atoms with Gasteiger partial charge in [-0.2, -0.15) is 0 Å². The van der Waals surface area contributed by atoms with Crippen molar-refractivity contribution in [2.75, 3.05) is 13.6 Å². The summed E-state index contributed by atoms with van der Waals surface area (Å²) in [5.74, 6) is 0.703. The number of amides is 1. The van der Waals surface area contributed by atoms with Gasteiger partial charge in [-0.25, -0.2) is 0 Å². The molecule has 1 fully saturated rings. The highest BCUT2D eigenvalue weighted by atomic mass is 79.9. The van der Waals surface area contributed by atoms with Gasteiger partial charge < -0.3 is 4.90 Å². The predicted molar refractivity (Wildman–Crippen MR) is 71.7 cm³/mol. The molecular formula is C11H16BrN3OS. The molecule has 0 bridgehead atoms. The van der Waals surface area contributed by atoms with Crippen molar-refractivity contribution in [2.45, 2.75) is 31.0 Å².